The van der Waals surface area contributed by atoms with Crippen molar-refractivity contribution in [3.8, 4) is 22.8 Å². The van der Waals surface area contributed by atoms with Crippen LogP contribution in [-0.4, -0.2) is 16.0 Å². The Labute approximate surface area is 160 Å². The summed E-state index contributed by atoms with van der Waals surface area (Å²) in [6.07, 6.45) is 0.133. The Morgan fingerprint density at radius 2 is 1.64 bits per heavy atom. The fourth-order valence-corrected chi connectivity index (χ4v) is 2.80. The number of aromatic nitrogens is 2. The van der Waals surface area contributed by atoms with Gasteiger partial charge in [-0.2, -0.15) is 4.98 Å². The lowest BCUT2D eigenvalue weighted by atomic mass is 10.1. The number of para-hydroxylation sites is 1. The van der Waals surface area contributed by atoms with Crippen molar-refractivity contribution in [1.29, 1.82) is 0 Å². The van der Waals surface area contributed by atoms with Gasteiger partial charge in [0.15, 0.2) is 0 Å². The van der Waals surface area contributed by atoms with Gasteiger partial charge in [-0.15, -0.1) is 0 Å². The maximum absolute atomic E-state index is 13.0. The molecule has 6 heteroatoms. The van der Waals surface area contributed by atoms with Crippen LogP contribution in [0.15, 0.2) is 83.4 Å². The largest absolute Gasteiger partial charge is 0.334 e. The lowest BCUT2D eigenvalue weighted by Crippen LogP contribution is -2.15. The molecule has 4 rings (SSSR count). The first kappa shape index (κ1) is 17.6. The van der Waals surface area contributed by atoms with Crippen LogP contribution in [0.25, 0.3) is 22.8 Å². The fraction of sp³-hybridized carbons (Fsp3) is 0.0455. The lowest BCUT2D eigenvalue weighted by molar-refractivity contribution is -0.115. The number of hydrogen-bond donors (Lipinski definition) is 1. The van der Waals surface area contributed by atoms with Gasteiger partial charge in [0.2, 0.25) is 11.7 Å². The molecule has 0 saturated carbocycles. The molecule has 4 aromatic rings. The van der Waals surface area contributed by atoms with Crippen LogP contribution < -0.4 is 5.32 Å². The molecule has 5 nitrogen and oxygen atoms in total. The number of halogens is 1. The summed E-state index contributed by atoms with van der Waals surface area (Å²) >= 11 is 0. The molecule has 0 fully saturated rings. The summed E-state index contributed by atoms with van der Waals surface area (Å²) in [6.45, 7) is 0. The molecule has 1 heterocycles. The highest BCUT2D eigenvalue weighted by molar-refractivity contribution is 5.95. The molecular weight excluding hydrogens is 357 g/mol. The third-order valence-electron chi connectivity index (χ3n) is 4.17. The van der Waals surface area contributed by atoms with E-state index < -0.39 is 0 Å². The zero-order chi connectivity index (χ0) is 19.3. The first-order valence-corrected chi connectivity index (χ1v) is 8.72. The fourth-order valence-electron chi connectivity index (χ4n) is 2.80. The molecular formula is C22H16FN3O2. The molecule has 1 aromatic heterocycles. The van der Waals surface area contributed by atoms with Crippen LogP contribution in [0.1, 0.15) is 5.56 Å². The molecule has 0 bridgehead atoms. The van der Waals surface area contributed by atoms with E-state index in [1.54, 1.807) is 24.3 Å². The Morgan fingerprint density at radius 1 is 0.929 bits per heavy atom. The number of benzene rings is 3. The highest BCUT2D eigenvalue weighted by Gasteiger charge is 2.15. The van der Waals surface area contributed by atoms with Gasteiger partial charge in [-0.25, -0.2) is 4.39 Å². The average Bonchev–Trinajstić information content (AvgIpc) is 3.21. The monoisotopic (exact) mass is 373 g/mol. The van der Waals surface area contributed by atoms with Crippen molar-refractivity contribution in [2.45, 2.75) is 6.42 Å². The zero-order valence-electron chi connectivity index (χ0n) is 14.8. The summed E-state index contributed by atoms with van der Waals surface area (Å²) < 4.78 is 18.4. The molecule has 3 aromatic carbocycles. The van der Waals surface area contributed by atoms with E-state index in [1.807, 2.05) is 42.5 Å². The van der Waals surface area contributed by atoms with Crippen molar-refractivity contribution < 1.29 is 13.7 Å². The summed E-state index contributed by atoms with van der Waals surface area (Å²) in [5.74, 6) is 0.238. The third-order valence-corrected chi connectivity index (χ3v) is 4.17. The van der Waals surface area contributed by atoms with Crippen LogP contribution in [0.4, 0.5) is 10.1 Å². The minimum Gasteiger partial charge on any atom is -0.334 e. The van der Waals surface area contributed by atoms with E-state index in [-0.39, 0.29) is 18.1 Å². The van der Waals surface area contributed by atoms with Gasteiger partial charge < -0.3 is 9.84 Å². The van der Waals surface area contributed by atoms with Gasteiger partial charge in [0.05, 0.1) is 17.7 Å². The van der Waals surface area contributed by atoms with E-state index in [9.17, 15) is 9.18 Å². The molecule has 28 heavy (non-hydrogen) atoms. The summed E-state index contributed by atoms with van der Waals surface area (Å²) in [7, 11) is 0. The molecule has 0 aliphatic carbocycles. The van der Waals surface area contributed by atoms with Crippen molar-refractivity contribution >= 4 is 11.6 Å². The van der Waals surface area contributed by atoms with E-state index in [4.69, 9.17) is 4.52 Å². The van der Waals surface area contributed by atoms with Crippen LogP contribution >= 0.6 is 0 Å². The first-order chi connectivity index (χ1) is 13.7. The van der Waals surface area contributed by atoms with Gasteiger partial charge in [-0.05, 0) is 29.8 Å². The predicted molar refractivity (Wildman–Crippen MR) is 104 cm³/mol. The predicted octanol–water partition coefficient (Wildman–Crippen LogP) is 4.72. The van der Waals surface area contributed by atoms with Gasteiger partial charge in [0, 0.05) is 5.56 Å². The summed E-state index contributed by atoms with van der Waals surface area (Å²) in [4.78, 5) is 16.8. The number of hydrogen-bond acceptors (Lipinski definition) is 4. The molecule has 0 unspecified atom stereocenters. The number of amides is 1. The second-order valence-corrected chi connectivity index (χ2v) is 6.19. The smallest absolute Gasteiger partial charge is 0.260 e. The average molecular weight is 373 g/mol. The van der Waals surface area contributed by atoms with Crippen LogP contribution in [0.3, 0.4) is 0 Å². The summed E-state index contributed by atoms with van der Waals surface area (Å²) in [5, 5.41) is 6.89. The van der Waals surface area contributed by atoms with Crippen LogP contribution in [0.2, 0.25) is 0 Å². The van der Waals surface area contributed by atoms with Crippen molar-refractivity contribution in [2.75, 3.05) is 5.32 Å². The van der Waals surface area contributed by atoms with Gasteiger partial charge in [0.25, 0.3) is 5.89 Å². The molecule has 1 amide bonds. The van der Waals surface area contributed by atoms with Crippen molar-refractivity contribution in [1.82, 2.24) is 10.1 Å². The van der Waals surface area contributed by atoms with E-state index in [0.717, 1.165) is 11.1 Å². The topological polar surface area (TPSA) is 68.0 Å². The minimum absolute atomic E-state index is 0.133. The maximum atomic E-state index is 13.0. The number of rotatable bonds is 5. The van der Waals surface area contributed by atoms with Gasteiger partial charge in [0.1, 0.15) is 5.82 Å². The Hall–Kier alpha value is -3.80. The SMILES string of the molecule is O=C(Cc1ccc(F)cc1)Nc1ccccc1-c1nc(-c2ccccc2)no1. The second-order valence-electron chi connectivity index (χ2n) is 6.19. The summed E-state index contributed by atoms with van der Waals surface area (Å²) in [6, 6.07) is 22.6. The quantitative estimate of drug-likeness (QED) is 0.549. The van der Waals surface area contributed by atoms with Crippen LogP contribution in [0.5, 0.6) is 0 Å². The van der Waals surface area contributed by atoms with Gasteiger partial charge >= 0.3 is 0 Å². The van der Waals surface area contributed by atoms with Crippen molar-refractivity contribution in [3.05, 3.63) is 90.2 Å². The number of anilines is 1. The van der Waals surface area contributed by atoms with E-state index in [0.29, 0.717) is 23.0 Å². The van der Waals surface area contributed by atoms with E-state index >= 15 is 0 Å². The number of carbonyl (C=O) groups excluding carboxylic acids is 1. The molecule has 0 radical (unpaired) electrons. The number of nitrogens with zero attached hydrogens (tertiary/aromatic N) is 2. The first-order valence-electron chi connectivity index (χ1n) is 8.72. The number of nitrogens with one attached hydrogen (secondary N) is 1. The maximum Gasteiger partial charge on any atom is 0.260 e. The van der Waals surface area contributed by atoms with Crippen LogP contribution in [-0.2, 0) is 11.2 Å². The van der Waals surface area contributed by atoms with E-state index in [1.165, 1.54) is 12.1 Å². The van der Waals surface area contributed by atoms with Gasteiger partial charge in [-0.3, -0.25) is 4.79 Å². The third kappa shape index (κ3) is 3.96. The molecule has 0 aliphatic rings. The molecule has 0 spiro atoms. The Kier molecular flexibility index (Phi) is 4.93. The minimum atomic E-state index is -0.333. The van der Waals surface area contributed by atoms with Crippen molar-refractivity contribution in [3.63, 3.8) is 0 Å². The Morgan fingerprint density at radius 3 is 2.43 bits per heavy atom. The standard InChI is InChI=1S/C22H16FN3O2/c23-17-12-10-15(11-13-17)14-20(27)24-19-9-5-4-8-18(19)22-25-21(26-28-22)16-6-2-1-3-7-16/h1-13H,14H2,(H,24,27). The van der Waals surface area contributed by atoms with Gasteiger partial charge in [-0.1, -0.05) is 59.8 Å². The molecule has 0 aliphatic heterocycles. The second kappa shape index (κ2) is 7.84. The summed E-state index contributed by atoms with van der Waals surface area (Å²) in [5.41, 5.74) is 2.76. The normalized spacial score (nSPS) is 10.6. The van der Waals surface area contributed by atoms with Crippen LogP contribution in [0, 0.1) is 5.82 Å². The Bertz CT molecular complexity index is 1090. The Balaban J connectivity index is 1.55. The molecule has 0 atom stereocenters. The van der Waals surface area contributed by atoms with Crippen molar-refractivity contribution in [2.24, 2.45) is 0 Å². The molecule has 138 valence electrons. The highest BCUT2D eigenvalue weighted by atomic mass is 19.1. The zero-order valence-corrected chi connectivity index (χ0v) is 14.8. The number of carbonyl (C=O) groups is 1. The van der Waals surface area contributed by atoms with E-state index in [2.05, 4.69) is 15.5 Å². The molecule has 1 N–H and O–H groups in total. The molecule has 0 saturated heterocycles. The lowest BCUT2D eigenvalue weighted by Gasteiger charge is -2.08. The highest BCUT2D eigenvalue weighted by Crippen LogP contribution is 2.28.